The molecule has 0 aromatic heterocycles. The predicted octanol–water partition coefficient (Wildman–Crippen LogP) is 1.69. The Morgan fingerprint density at radius 3 is 2.09 bits per heavy atom. The molecule has 0 spiro atoms. The van der Waals surface area contributed by atoms with Crippen molar-refractivity contribution in [2.75, 3.05) is 18.8 Å². The molecule has 1 heterocycles. The maximum atomic E-state index is 12.4. The first-order chi connectivity index (χ1) is 10.2. The summed E-state index contributed by atoms with van der Waals surface area (Å²) < 4.78 is 50.3. The van der Waals surface area contributed by atoms with Crippen LogP contribution in [0.15, 0.2) is 29.2 Å². The van der Waals surface area contributed by atoms with Crippen molar-refractivity contribution >= 4 is 19.9 Å². The average Bonchev–Trinajstić information content (AvgIpc) is 2.34. The molecule has 0 radical (unpaired) electrons. The summed E-state index contributed by atoms with van der Waals surface area (Å²) in [5.41, 5.74) is 1.07. The molecule has 0 N–H and O–H groups in total. The van der Waals surface area contributed by atoms with Crippen molar-refractivity contribution in [2.45, 2.75) is 37.3 Å². The van der Waals surface area contributed by atoms with Crippen LogP contribution >= 0.6 is 0 Å². The van der Waals surface area contributed by atoms with Crippen molar-refractivity contribution in [1.29, 1.82) is 0 Å². The molecule has 1 aromatic carbocycles. The maximum absolute atomic E-state index is 12.4. The second-order valence-corrected chi connectivity index (χ2v) is 10.4. The lowest BCUT2D eigenvalue weighted by molar-refractivity contribution is 0.309. The standard InChI is InChI=1S/C15H23NO4S2/c1-4-13-5-7-14(8-6-13)22(19,20)16-9-15(10-16)21(17,18)11-12(2)3/h5-8,12,15H,4,9-11H2,1-3H3. The Bertz CT molecular complexity index is 715. The molecule has 1 fully saturated rings. The fourth-order valence-electron chi connectivity index (χ4n) is 2.47. The lowest BCUT2D eigenvalue weighted by Gasteiger charge is -2.37. The lowest BCUT2D eigenvalue weighted by Crippen LogP contribution is -2.57. The van der Waals surface area contributed by atoms with Crippen LogP contribution in [0.5, 0.6) is 0 Å². The highest BCUT2D eigenvalue weighted by Gasteiger charge is 2.43. The van der Waals surface area contributed by atoms with Gasteiger partial charge in [0.25, 0.3) is 0 Å². The van der Waals surface area contributed by atoms with Gasteiger partial charge in [-0.15, -0.1) is 0 Å². The molecule has 1 aliphatic heterocycles. The number of rotatable bonds is 6. The average molecular weight is 345 g/mol. The second kappa shape index (κ2) is 6.29. The monoisotopic (exact) mass is 345 g/mol. The quantitative estimate of drug-likeness (QED) is 0.787. The molecule has 0 bridgehead atoms. The third kappa shape index (κ3) is 3.52. The van der Waals surface area contributed by atoms with E-state index in [1.54, 1.807) is 24.3 Å². The van der Waals surface area contributed by atoms with E-state index >= 15 is 0 Å². The Balaban J connectivity index is 2.08. The van der Waals surface area contributed by atoms with Crippen molar-refractivity contribution in [1.82, 2.24) is 4.31 Å². The van der Waals surface area contributed by atoms with Crippen LogP contribution in [0, 0.1) is 5.92 Å². The topological polar surface area (TPSA) is 71.5 Å². The maximum Gasteiger partial charge on any atom is 0.243 e. The summed E-state index contributed by atoms with van der Waals surface area (Å²) in [7, 11) is -6.79. The molecule has 0 atom stereocenters. The summed E-state index contributed by atoms with van der Waals surface area (Å²) in [6.45, 7) is 5.82. The van der Waals surface area contributed by atoms with Gasteiger partial charge in [0, 0.05) is 13.1 Å². The van der Waals surface area contributed by atoms with Gasteiger partial charge in [0.1, 0.15) is 0 Å². The number of hydrogen-bond donors (Lipinski definition) is 0. The van der Waals surface area contributed by atoms with Gasteiger partial charge in [-0.1, -0.05) is 32.9 Å². The summed E-state index contributed by atoms with van der Waals surface area (Å²) in [6.07, 6.45) is 0.847. The van der Waals surface area contributed by atoms with Gasteiger partial charge in [0.2, 0.25) is 10.0 Å². The zero-order valence-corrected chi connectivity index (χ0v) is 14.8. The number of sulfonamides is 1. The van der Waals surface area contributed by atoms with Crippen molar-refractivity contribution in [3.63, 3.8) is 0 Å². The van der Waals surface area contributed by atoms with Crippen LogP contribution < -0.4 is 0 Å². The molecule has 1 aromatic rings. The Morgan fingerprint density at radius 1 is 1.09 bits per heavy atom. The molecule has 22 heavy (non-hydrogen) atoms. The number of benzene rings is 1. The highest BCUT2D eigenvalue weighted by Crippen LogP contribution is 2.26. The lowest BCUT2D eigenvalue weighted by atomic mass is 10.2. The Morgan fingerprint density at radius 2 is 1.64 bits per heavy atom. The van der Waals surface area contributed by atoms with Crippen molar-refractivity contribution in [2.24, 2.45) is 5.92 Å². The summed E-state index contributed by atoms with van der Waals surface area (Å²) in [5.74, 6) is 0.161. The first-order valence-electron chi connectivity index (χ1n) is 7.47. The second-order valence-electron chi connectivity index (χ2n) is 6.16. The van der Waals surface area contributed by atoms with E-state index in [9.17, 15) is 16.8 Å². The minimum absolute atomic E-state index is 0.0530. The predicted molar refractivity (Wildman–Crippen MR) is 87.0 cm³/mol. The highest BCUT2D eigenvalue weighted by molar-refractivity contribution is 7.92. The van der Waals surface area contributed by atoms with E-state index < -0.39 is 25.1 Å². The number of aryl methyl sites for hydroxylation is 1. The van der Waals surface area contributed by atoms with Crippen LogP contribution in [-0.2, 0) is 26.3 Å². The molecule has 124 valence electrons. The van der Waals surface area contributed by atoms with Crippen molar-refractivity contribution in [3.05, 3.63) is 29.8 Å². The molecule has 5 nitrogen and oxygen atoms in total. The van der Waals surface area contributed by atoms with Crippen LogP contribution in [0.25, 0.3) is 0 Å². The number of nitrogens with zero attached hydrogens (tertiary/aromatic N) is 1. The number of sulfone groups is 1. The van der Waals surface area contributed by atoms with Gasteiger partial charge in [-0.2, -0.15) is 4.31 Å². The van der Waals surface area contributed by atoms with E-state index in [0.29, 0.717) is 0 Å². The molecule has 0 amide bonds. The summed E-state index contributed by atoms with van der Waals surface area (Å²) in [5, 5.41) is -0.570. The molecule has 1 saturated heterocycles. The van der Waals surface area contributed by atoms with Gasteiger partial charge >= 0.3 is 0 Å². The number of hydrogen-bond acceptors (Lipinski definition) is 4. The van der Waals surface area contributed by atoms with Crippen LogP contribution in [0.1, 0.15) is 26.3 Å². The summed E-state index contributed by atoms with van der Waals surface area (Å²) in [6, 6.07) is 6.76. The Kier molecular flexibility index (Phi) is 4.99. The minimum Gasteiger partial charge on any atom is -0.228 e. The fourth-order valence-corrected chi connectivity index (χ4v) is 6.21. The molecule has 0 saturated carbocycles. The van der Waals surface area contributed by atoms with Gasteiger partial charge in [0.15, 0.2) is 9.84 Å². The van der Waals surface area contributed by atoms with E-state index in [4.69, 9.17) is 0 Å². The largest absolute Gasteiger partial charge is 0.243 e. The van der Waals surface area contributed by atoms with Gasteiger partial charge in [-0.25, -0.2) is 16.8 Å². The zero-order chi connectivity index (χ0) is 16.5. The van der Waals surface area contributed by atoms with Crippen molar-refractivity contribution < 1.29 is 16.8 Å². The summed E-state index contributed by atoms with van der Waals surface area (Å²) in [4.78, 5) is 0.226. The Hall–Kier alpha value is -0.920. The van der Waals surface area contributed by atoms with E-state index in [2.05, 4.69) is 0 Å². The van der Waals surface area contributed by atoms with Crippen LogP contribution in [0.2, 0.25) is 0 Å². The van der Waals surface area contributed by atoms with E-state index in [1.165, 1.54) is 4.31 Å². The molecule has 7 heteroatoms. The summed E-state index contributed by atoms with van der Waals surface area (Å²) >= 11 is 0. The minimum atomic E-state index is -3.58. The fraction of sp³-hybridized carbons (Fsp3) is 0.600. The van der Waals surface area contributed by atoms with Gasteiger partial charge in [-0.05, 0) is 30.0 Å². The molecule has 2 rings (SSSR count). The zero-order valence-electron chi connectivity index (χ0n) is 13.2. The van der Waals surface area contributed by atoms with E-state index in [0.717, 1.165) is 12.0 Å². The van der Waals surface area contributed by atoms with Crippen LogP contribution in [0.3, 0.4) is 0 Å². The SMILES string of the molecule is CCc1ccc(S(=O)(=O)N2CC(S(=O)(=O)CC(C)C)C2)cc1. The smallest absolute Gasteiger partial charge is 0.228 e. The van der Waals surface area contributed by atoms with Crippen molar-refractivity contribution in [3.8, 4) is 0 Å². The highest BCUT2D eigenvalue weighted by atomic mass is 32.2. The molecular formula is C15H23NO4S2. The van der Waals surface area contributed by atoms with E-state index in [-0.39, 0.29) is 29.7 Å². The van der Waals surface area contributed by atoms with E-state index in [1.807, 2.05) is 20.8 Å². The Labute approximate surface area is 133 Å². The molecule has 0 aliphatic carbocycles. The first kappa shape index (κ1) is 17.4. The molecule has 1 aliphatic rings. The van der Waals surface area contributed by atoms with Crippen LogP contribution in [-0.4, -0.2) is 45.2 Å². The third-order valence-corrected chi connectivity index (χ3v) is 8.15. The van der Waals surface area contributed by atoms with Gasteiger partial charge in [-0.3, -0.25) is 0 Å². The third-order valence-electron chi connectivity index (χ3n) is 3.86. The van der Waals surface area contributed by atoms with Gasteiger partial charge < -0.3 is 0 Å². The molecule has 0 unspecified atom stereocenters. The first-order valence-corrected chi connectivity index (χ1v) is 10.6. The van der Waals surface area contributed by atoms with Crippen LogP contribution in [0.4, 0.5) is 0 Å². The normalized spacial score (nSPS) is 17.6. The molecular weight excluding hydrogens is 322 g/mol. The van der Waals surface area contributed by atoms with Gasteiger partial charge in [0.05, 0.1) is 15.9 Å².